The molecule has 1 aliphatic rings. The molecule has 2 N–H and O–H groups in total. The number of aromatic nitrogens is 2. The summed E-state index contributed by atoms with van der Waals surface area (Å²) >= 11 is 0. The van der Waals surface area contributed by atoms with Gasteiger partial charge in [0.1, 0.15) is 11.6 Å². The smallest absolute Gasteiger partial charge is 0.322 e. The predicted octanol–water partition coefficient (Wildman–Crippen LogP) is 4.98. The number of para-hydroxylation sites is 2. The monoisotopic (exact) mass is 392 g/mol. The van der Waals surface area contributed by atoms with Crippen LogP contribution in [0.4, 0.5) is 10.5 Å². The van der Waals surface area contributed by atoms with Gasteiger partial charge in [-0.1, -0.05) is 37.5 Å². The van der Waals surface area contributed by atoms with E-state index >= 15 is 0 Å². The number of urea groups is 1. The number of anilines is 1. The Balaban J connectivity index is 1.48. The zero-order valence-electron chi connectivity index (χ0n) is 16.9. The number of ether oxygens (including phenoxy) is 1. The predicted molar refractivity (Wildman–Crippen MR) is 115 cm³/mol. The molecule has 1 aromatic heterocycles. The number of benzene rings is 2. The third-order valence-corrected chi connectivity index (χ3v) is 5.63. The SMILES string of the molecule is COc1cccc(NC(=O)N(CCc2nc3ccccc3[nH]2)C2CCCCC2)c1. The topological polar surface area (TPSA) is 70.2 Å². The third-order valence-electron chi connectivity index (χ3n) is 5.63. The Labute approximate surface area is 171 Å². The maximum Gasteiger partial charge on any atom is 0.322 e. The summed E-state index contributed by atoms with van der Waals surface area (Å²) in [6, 6.07) is 15.7. The molecule has 0 spiro atoms. The summed E-state index contributed by atoms with van der Waals surface area (Å²) in [5.41, 5.74) is 2.75. The highest BCUT2D eigenvalue weighted by Gasteiger charge is 2.25. The number of hydrogen-bond donors (Lipinski definition) is 2. The first-order chi connectivity index (χ1) is 14.2. The largest absolute Gasteiger partial charge is 0.497 e. The Hall–Kier alpha value is -3.02. The Bertz CT molecular complexity index is 929. The van der Waals surface area contributed by atoms with Gasteiger partial charge in [-0.3, -0.25) is 0 Å². The number of nitrogens with one attached hydrogen (secondary N) is 2. The lowest BCUT2D eigenvalue weighted by molar-refractivity contribution is 0.168. The highest BCUT2D eigenvalue weighted by molar-refractivity contribution is 5.89. The van der Waals surface area contributed by atoms with Gasteiger partial charge in [0, 0.05) is 30.8 Å². The highest BCUT2D eigenvalue weighted by Crippen LogP contribution is 2.24. The second kappa shape index (κ2) is 8.99. The molecule has 1 saturated carbocycles. The van der Waals surface area contributed by atoms with Gasteiger partial charge in [0.05, 0.1) is 18.1 Å². The fourth-order valence-electron chi connectivity index (χ4n) is 4.09. The van der Waals surface area contributed by atoms with E-state index in [4.69, 9.17) is 4.74 Å². The van der Waals surface area contributed by atoms with Crippen LogP contribution in [-0.4, -0.2) is 40.6 Å². The van der Waals surface area contributed by atoms with Crippen molar-refractivity contribution >= 4 is 22.8 Å². The van der Waals surface area contributed by atoms with Crippen molar-refractivity contribution in [3.8, 4) is 5.75 Å². The molecule has 6 heteroatoms. The number of carbonyl (C=O) groups is 1. The van der Waals surface area contributed by atoms with Crippen LogP contribution in [0.3, 0.4) is 0 Å². The van der Waals surface area contributed by atoms with Crippen LogP contribution in [-0.2, 0) is 6.42 Å². The van der Waals surface area contributed by atoms with Gasteiger partial charge in [-0.15, -0.1) is 0 Å². The number of methoxy groups -OCH3 is 1. The number of aromatic amines is 1. The van der Waals surface area contributed by atoms with Crippen LogP contribution in [0.2, 0.25) is 0 Å². The Morgan fingerprint density at radius 2 is 2.00 bits per heavy atom. The number of nitrogens with zero attached hydrogens (tertiary/aromatic N) is 2. The van der Waals surface area contributed by atoms with E-state index in [9.17, 15) is 4.79 Å². The summed E-state index contributed by atoms with van der Waals surface area (Å²) in [4.78, 5) is 23.2. The molecule has 2 aromatic carbocycles. The number of carbonyl (C=O) groups excluding carboxylic acids is 1. The summed E-state index contributed by atoms with van der Waals surface area (Å²) in [5, 5.41) is 3.05. The molecule has 2 amide bonds. The van der Waals surface area contributed by atoms with Gasteiger partial charge < -0.3 is 19.9 Å². The van der Waals surface area contributed by atoms with Crippen molar-refractivity contribution in [2.24, 2.45) is 0 Å². The van der Waals surface area contributed by atoms with Crippen LogP contribution in [0.15, 0.2) is 48.5 Å². The molecule has 1 heterocycles. The molecule has 0 bridgehead atoms. The van der Waals surface area contributed by atoms with Crippen LogP contribution in [0, 0.1) is 0 Å². The van der Waals surface area contributed by atoms with Gasteiger partial charge in [0.2, 0.25) is 0 Å². The van der Waals surface area contributed by atoms with Crippen molar-refractivity contribution in [2.75, 3.05) is 19.0 Å². The van der Waals surface area contributed by atoms with E-state index in [1.165, 1.54) is 19.3 Å². The van der Waals surface area contributed by atoms with Crippen LogP contribution in [0.5, 0.6) is 5.75 Å². The fraction of sp³-hybridized carbons (Fsp3) is 0.391. The van der Waals surface area contributed by atoms with Gasteiger partial charge in [-0.25, -0.2) is 9.78 Å². The van der Waals surface area contributed by atoms with E-state index in [0.29, 0.717) is 13.0 Å². The second-order valence-electron chi connectivity index (χ2n) is 7.60. The lowest BCUT2D eigenvalue weighted by atomic mass is 9.94. The maximum absolute atomic E-state index is 13.1. The van der Waals surface area contributed by atoms with Crippen molar-refractivity contribution in [3.05, 3.63) is 54.4 Å². The van der Waals surface area contributed by atoms with E-state index in [-0.39, 0.29) is 12.1 Å². The van der Waals surface area contributed by atoms with Gasteiger partial charge in [-0.05, 0) is 37.1 Å². The summed E-state index contributed by atoms with van der Waals surface area (Å²) in [7, 11) is 1.63. The number of rotatable bonds is 6. The first kappa shape index (κ1) is 19.3. The molecule has 0 saturated heterocycles. The molecule has 29 heavy (non-hydrogen) atoms. The van der Waals surface area contributed by atoms with Crippen LogP contribution in [0.25, 0.3) is 11.0 Å². The van der Waals surface area contributed by atoms with Crippen molar-refractivity contribution in [3.63, 3.8) is 0 Å². The molecule has 0 aliphatic heterocycles. The Morgan fingerprint density at radius 1 is 1.17 bits per heavy atom. The molecule has 0 unspecified atom stereocenters. The standard InChI is InChI=1S/C23H28N4O2/c1-29-19-11-7-8-17(16-19)24-23(28)27(18-9-3-2-4-10-18)15-14-22-25-20-12-5-6-13-21(20)26-22/h5-8,11-13,16,18H,2-4,9-10,14-15H2,1H3,(H,24,28)(H,25,26). The van der Waals surface area contributed by atoms with E-state index in [1.54, 1.807) is 7.11 Å². The molecule has 1 aliphatic carbocycles. The summed E-state index contributed by atoms with van der Waals surface area (Å²) in [6.07, 6.45) is 6.44. The maximum atomic E-state index is 13.1. The number of hydrogen-bond acceptors (Lipinski definition) is 3. The normalized spacial score (nSPS) is 14.7. The summed E-state index contributed by atoms with van der Waals surface area (Å²) < 4.78 is 5.27. The second-order valence-corrected chi connectivity index (χ2v) is 7.60. The summed E-state index contributed by atoms with van der Waals surface area (Å²) in [5.74, 6) is 1.65. The molecular weight excluding hydrogens is 364 g/mol. The van der Waals surface area contributed by atoms with Gasteiger partial charge in [0.15, 0.2) is 0 Å². The average molecular weight is 393 g/mol. The van der Waals surface area contributed by atoms with Gasteiger partial charge >= 0.3 is 6.03 Å². The molecular formula is C23H28N4O2. The lowest BCUT2D eigenvalue weighted by Crippen LogP contribution is -2.45. The van der Waals surface area contributed by atoms with Crippen molar-refractivity contribution < 1.29 is 9.53 Å². The van der Waals surface area contributed by atoms with Crippen LogP contribution < -0.4 is 10.1 Å². The average Bonchev–Trinajstić information content (AvgIpc) is 3.18. The summed E-state index contributed by atoms with van der Waals surface area (Å²) in [6.45, 7) is 0.639. The van der Waals surface area contributed by atoms with E-state index in [1.807, 2.05) is 53.4 Å². The zero-order valence-corrected chi connectivity index (χ0v) is 16.9. The minimum Gasteiger partial charge on any atom is -0.497 e. The Morgan fingerprint density at radius 3 is 2.79 bits per heavy atom. The lowest BCUT2D eigenvalue weighted by Gasteiger charge is -2.34. The molecule has 0 radical (unpaired) electrons. The van der Waals surface area contributed by atoms with Crippen molar-refractivity contribution in [1.82, 2.24) is 14.9 Å². The van der Waals surface area contributed by atoms with E-state index in [0.717, 1.165) is 41.1 Å². The number of fused-ring (bicyclic) bond motifs is 1. The number of amides is 2. The fourth-order valence-corrected chi connectivity index (χ4v) is 4.09. The van der Waals surface area contributed by atoms with Gasteiger partial charge in [-0.2, -0.15) is 0 Å². The number of imidazole rings is 1. The number of H-pyrrole nitrogens is 1. The molecule has 0 atom stereocenters. The first-order valence-corrected chi connectivity index (χ1v) is 10.4. The molecule has 3 aromatic rings. The molecule has 4 rings (SSSR count). The molecule has 152 valence electrons. The molecule has 6 nitrogen and oxygen atoms in total. The van der Waals surface area contributed by atoms with E-state index in [2.05, 4.69) is 15.3 Å². The minimum atomic E-state index is -0.0544. The first-order valence-electron chi connectivity index (χ1n) is 10.4. The quantitative estimate of drug-likeness (QED) is 0.621. The van der Waals surface area contributed by atoms with Crippen LogP contribution >= 0.6 is 0 Å². The van der Waals surface area contributed by atoms with Crippen LogP contribution in [0.1, 0.15) is 37.9 Å². The van der Waals surface area contributed by atoms with Crippen molar-refractivity contribution in [1.29, 1.82) is 0 Å². The minimum absolute atomic E-state index is 0.0544. The van der Waals surface area contributed by atoms with E-state index < -0.39 is 0 Å². The molecule has 1 fully saturated rings. The zero-order chi connectivity index (χ0) is 20.1. The van der Waals surface area contributed by atoms with Crippen molar-refractivity contribution in [2.45, 2.75) is 44.6 Å². The van der Waals surface area contributed by atoms with Gasteiger partial charge in [0.25, 0.3) is 0 Å². The Kier molecular flexibility index (Phi) is 5.98. The highest BCUT2D eigenvalue weighted by atomic mass is 16.5. The third kappa shape index (κ3) is 4.70.